The molecule has 0 aliphatic heterocycles. The minimum Gasteiger partial charge on any atom is -0.508 e. The van der Waals surface area contributed by atoms with Crippen molar-refractivity contribution in [3.8, 4) is 11.5 Å². The minimum atomic E-state index is -0.270. The lowest BCUT2D eigenvalue weighted by Gasteiger charge is -2.21. The van der Waals surface area contributed by atoms with Crippen molar-refractivity contribution in [1.82, 2.24) is 5.32 Å². The molecule has 0 fully saturated rings. The second-order valence-electron chi connectivity index (χ2n) is 5.71. The first-order valence-electron chi connectivity index (χ1n) is 7.50. The van der Waals surface area contributed by atoms with Crippen LogP contribution < -0.4 is 10.1 Å². The van der Waals surface area contributed by atoms with Crippen LogP contribution in [-0.4, -0.2) is 12.2 Å². The van der Waals surface area contributed by atoms with Crippen LogP contribution in [0.3, 0.4) is 0 Å². The number of hydrogen-bond acceptors (Lipinski definition) is 3. The summed E-state index contributed by atoms with van der Waals surface area (Å²) in [6.45, 7) is 1.95. The lowest BCUT2D eigenvalue weighted by Crippen LogP contribution is -2.23. The molecule has 0 amide bonds. The van der Waals surface area contributed by atoms with Crippen molar-refractivity contribution >= 4 is 0 Å². The van der Waals surface area contributed by atoms with Crippen LogP contribution in [0.1, 0.15) is 42.1 Å². The summed E-state index contributed by atoms with van der Waals surface area (Å²) in [6, 6.07) is 10.5. The SMILES string of the molecule is COc1ccc([C@@H](C)N[C@H]2CCc3c(O)cccc32)c(F)c1. The van der Waals surface area contributed by atoms with Crippen LogP contribution in [0.15, 0.2) is 36.4 Å². The second-order valence-corrected chi connectivity index (χ2v) is 5.71. The third-order valence-corrected chi connectivity index (χ3v) is 4.37. The van der Waals surface area contributed by atoms with Gasteiger partial charge in [0.15, 0.2) is 0 Å². The molecule has 1 aliphatic carbocycles. The van der Waals surface area contributed by atoms with Crippen LogP contribution in [-0.2, 0) is 6.42 Å². The van der Waals surface area contributed by atoms with Crippen LogP contribution in [0.25, 0.3) is 0 Å². The molecule has 3 nitrogen and oxygen atoms in total. The molecule has 1 aliphatic rings. The third kappa shape index (κ3) is 2.66. The first-order valence-corrected chi connectivity index (χ1v) is 7.50. The van der Waals surface area contributed by atoms with Crippen LogP contribution in [0.2, 0.25) is 0 Å². The van der Waals surface area contributed by atoms with Crippen molar-refractivity contribution in [1.29, 1.82) is 0 Å². The number of ether oxygens (including phenoxy) is 1. The molecule has 0 radical (unpaired) electrons. The lowest BCUT2D eigenvalue weighted by molar-refractivity contribution is 0.407. The highest BCUT2D eigenvalue weighted by molar-refractivity contribution is 5.44. The Balaban J connectivity index is 1.79. The molecule has 2 atom stereocenters. The van der Waals surface area contributed by atoms with Gasteiger partial charge in [0.25, 0.3) is 0 Å². The highest BCUT2D eigenvalue weighted by atomic mass is 19.1. The topological polar surface area (TPSA) is 41.5 Å². The predicted octanol–water partition coefficient (Wildman–Crippen LogP) is 3.88. The summed E-state index contributed by atoms with van der Waals surface area (Å²) < 4.78 is 19.2. The second kappa shape index (κ2) is 5.97. The summed E-state index contributed by atoms with van der Waals surface area (Å²) in [7, 11) is 1.53. The van der Waals surface area contributed by atoms with E-state index < -0.39 is 0 Å². The normalized spacial score (nSPS) is 18.0. The summed E-state index contributed by atoms with van der Waals surface area (Å²) in [5, 5.41) is 13.4. The van der Waals surface area contributed by atoms with Crippen molar-refractivity contribution in [2.24, 2.45) is 0 Å². The monoisotopic (exact) mass is 301 g/mol. The molecule has 2 aromatic carbocycles. The smallest absolute Gasteiger partial charge is 0.131 e. The van der Waals surface area contributed by atoms with Gasteiger partial charge in [-0.1, -0.05) is 18.2 Å². The molecule has 22 heavy (non-hydrogen) atoms. The van der Waals surface area contributed by atoms with Crippen molar-refractivity contribution in [3.05, 3.63) is 58.9 Å². The number of fused-ring (bicyclic) bond motifs is 1. The fraction of sp³-hybridized carbons (Fsp3) is 0.333. The van der Waals surface area contributed by atoms with E-state index in [2.05, 4.69) is 5.32 Å². The molecule has 116 valence electrons. The van der Waals surface area contributed by atoms with Gasteiger partial charge in [0.1, 0.15) is 17.3 Å². The Morgan fingerprint density at radius 1 is 1.32 bits per heavy atom. The number of aromatic hydroxyl groups is 1. The van der Waals surface area contributed by atoms with Gasteiger partial charge in [0.2, 0.25) is 0 Å². The Labute approximate surface area is 129 Å². The van der Waals surface area contributed by atoms with Crippen LogP contribution in [0.4, 0.5) is 4.39 Å². The third-order valence-electron chi connectivity index (χ3n) is 4.37. The molecule has 0 spiro atoms. The highest BCUT2D eigenvalue weighted by Gasteiger charge is 2.26. The Morgan fingerprint density at radius 2 is 2.14 bits per heavy atom. The molecular weight excluding hydrogens is 281 g/mol. The Morgan fingerprint density at radius 3 is 2.86 bits per heavy atom. The number of methoxy groups -OCH3 is 1. The number of nitrogens with one attached hydrogen (secondary N) is 1. The molecule has 2 N–H and O–H groups in total. The lowest BCUT2D eigenvalue weighted by atomic mass is 10.0. The van der Waals surface area contributed by atoms with E-state index in [0.29, 0.717) is 17.1 Å². The average molecular weight is 301 g/mol. The first-order chi connectivity index (χ1) is 10.6. The molecule has 0 saturated heterocycles. The van der Waals surface area contributed by atoms with E-state index in [4.69, 9.17) is 4.74 Å². The van der Waals surface area contributed by atoms with Gasteiger partial charge in [-0.05, 0) is 43.0 Å². The van der Waals surface area contributed by atoms with Crippen LogP contribution in [0.5, 0.6) is 11.5 Å². The minimum absolute atomic E-state index is 0.121. The van der Waals surface area contributed by atoms with Gasteiger partial charge in [-0.2, -0.15) is 0 Å². The zero-order valence-electron chi connectivity index (χ0n) is 12.8. The fourth-order valence-corrected chi connectivity index (χ4v) is 3.19. The Kier molecular flexibility index (Phi) is 4.03. The summed E-state index contributed by atoms with van der Waals surface area (Å²) in [4.78, 5) is 0. The summed E-state index contributed by atoms with van der Waals surface area (Å²) in [5.74, 6) is 0.600. The van der Waals surface area contributed by atoms with Gasteiger partial charge in [0, 0.05) is 23.7 Å². The maximum atomic E-state index is 14.2. The Bertz CT molecular complexity index is 687. The van der Waals surface area contributed by atoms with Crippen LogP contribution in [0, 0.1) is 5.82 Å². The van der Waals surface area contributed by atoms with Gasteiger partial charge < -0.3 is 15.2 Å². The standard InChI is InChI=1S/C18H20FNO2/c1-11(13-7-6-12(22-2)10-16(13)19)20-17-9-8-15-14(17)4-3-5-18(15)21/h3-7,10-11,17,20-21H,8-9H2,1-2H3/t11-,17+/m1/s1. The molecule has 0 aromatic heterocycles. The van der Waals surface area contributed by atoms with Crippen molar-refractivity contribution < 1.29 is 14.2 Å². The number of rotatable bonds is 4. The molecule has 0 heterocycles. The van der Waals surface area contributed by atoms with E-state index in [1.165, 1.54) is 13.2 Å². The largest absolute Gasteiger partial charge is 0.508 e. The first kappa shape index (κ1) is 14.9. The number of hydrogen-bond donors (Lipinski definition) is 2. The number of halogens is 1. The predicted molar refractivity (Wildman–Crippen MR) is 83.7 cm³/mol. The zero-order valence-corrected chi connectivity index (χ0v) is 12.8. The van der Waals surface area contributed by atoms with Crippen molar-refractivity contribution in [2.75, 3.05) is 7.11 Å². The number of phenols is 1. The van der Waals surface area contributed by atoms with Crippen molar-refractivity contribution in [3.63, 3.8) is 0 Å². The van der Waals surface area contributed by atoms with Crippen molar-refractivity contribution in [2.45, 2.75) is 31.8 Å². The van der Waals surface area contributed by atoms with Gasteiger partial charge in [-0.25, -0.2) is 4.39 Å². The molecule has 3 rings (SSSR count). The molecule has 4 heteroatoms. The summed E-state index contributed by atoms with van der Waals surface area (Å²) in [6.07, 6.45) is 1.76. The van der Waals surface area contributed by atoms with E-state index in [1.54, 1.807) is 18.2 Å². The van der Waals surface area contributed by atoms with E-state index in [-0.39, 0.29) is 17.9 Å². The van der Waals surface area contributed by atoms with Gasteiger partial charge in [-0.15, -0.1) is 0 Å². The summed E-state index contributed by atoms with van der Waals surface area (Å²) >= 11 is 0. The average Bonchev–Trinajstić information content (AvgIpc) is 2.91. The highest BCUT2D eigenvalue weighted by Crippen LogP contribution is 2.37. The van der Waals surface area contributed by atoms with E-state index >= 15 is 0 Å². The molecular formula is C18H20FNO2. The van der Waals surface area contributed by atoms with E-state index in [1.807, 2.05) is 19.1 Å². The van der Waals surface area contributed by atoms with Gasteiger partial charge >= 0.3 is 0 Å². The van der Waals surface area contributed by atoms with E-state index in [9.17, 15) is 9.50 Å². The molecule has 2 aromatic rings. The van der Waals surface area contributed by atoms with Gasteiger partial charge in [-0.3, -0.25) is 0 Å². The van der Waals surface area contributed by atoms with E-state index in [0.717, 1.165) is 24.0 Å². The maximum Gasteiger partial charge on any atom is 0.131 e. The quantitative estimate of drug-likeness (QED) is 0.900. The molecule has 0 unspecified atom stereocenters. The zero-order chi connectivity index (χ0) is 15.7. The van der Waals surface area contributed by atoms with Gasteiger partial charge in [0.05, 0.1) is 7.11 Å². The molecule has 0 bridgehead atoms. The molecule has 0 saturated carbocycles. The fourth-order valence-electron chi connectivity index (χ4n) is 3.19. The number of benzene rings is 2. The Hall–Kier alpha value is -2.07. The van der Waals surface area contributed by atoms with Crippen LogP contribution >= 0.6 is 0 Å². The number of phenolic OH excluding ortho intramolecular Hbond substituents is 1. The maximum absolute atomic E-state index is 14.2. The summed E-state index contributed by atoms with van der Waals surface area (Å²) in [5.41, 5.74) is 2.73.